The molecule has 0 radical (unpaired) electrons. The highest BCUT2D eigenvalue weighted by molar-refractivity contribution is 5.92. The molecule has 0 bridgehead atoms. The van der Waals surface area contributed by atoms with E-state index in [4.69, 9.17) is 0 Å². The molecule has 6 nitrogen and oxygen atoms in total. The van der Waals surface area contributed by atoms with Gasteiger partial charge in [-0.2, -0.15) is 13.2 Å². The average Bonchev–Trinajstić information content (AvgIpc) is 3.39. The molecule has 29 heavy (non-hydrogen) atoms. The van der Waals surface area contributed by atoms with E-state index in [0.717, 1.165) is 36.1 Å². The molecule has 1 aromatic carbocycles. The van der Waals surface area contributed by atoms with Gasteiger partial charge >= 0.3 is 6.18 Å². The van der Waals surface area contributed by atoms with E-state index in [9.17, 15) is 18.0 Å². The van der Waals surface area contributed by atoms with Crippen molar-refractivity contribution in [2.75, 3.05) is 19.6 Å². The predicted octanol–water partition coefficient (Wildman–Crippen LogP) is 3.31. The summed E-state index contributed by atoms with van der Waals surface area (Å²) in [5, 5.41) is 11.1. The van der Waals surface area contributed by atoms with E-state index in [1.807, 2.05) is 0 Å². The van der Waals surface area contributed by atoms with Crippen LogP contribution in [0.2, 0.25) is 0 Å². The average molecular weight is 430 g/mol. The predicted molar refractivity (Wildman–Crippen MR) is 103 cm³/mol. The van der Waals surface area contributed by atoms with Crippen LogP contribution in [0.25, 0.3) is 5.69 Å². The molecule has 1 saturated heterocycles. The Kier molecular flexibility index (Phi) is 6.48. The van der Waals surface area contributed by atoms with Crippen molar-refractivity contribution < 1.29 is 18.0 Å². The van der Waals surface area contributed by atoms with Crippen LogP contribution in [0.3, 0.4) is 0 Å². The topological polar surface area (TPSA) is 63.1 Å². The minimum atomic E-state index is -4.51. The molecule has 1 amide bonds. The first kappa shape index (κ1) is 21.6. The molecule has 0 atom stereocenters. The highest BCUT2D eigenvalue weighted by atomic mass is 35.5. The maximum atomic E-state index is 13.2. The highest BCUT2D eigenvalue weighted by Crippen LogP contribution is 2.33. The Bertz CT molecular complexity index is 844. The van der Waals surface area contributed by atoms with Crippen LogP contribution >= 0.6 is 12.4 Å². The molecule has 0 unspecified atom stereocenters. The molecule has 1 N–H and O–H groups in total. The Morgan fingerprint density at radius 1 is 1.14 bits per heavy atom. The van der Waals surface area contributed by atoms with Crippen molar-refractivity contribution in [1.82, 2.24) is 25.2 Å². The zero-order chi connectivity index (χ0) is 19.7. The number of rotatable bonds is 5. The molecule has 1 aliphatic carbocycles. The van der Waals surface area contributed by atoms with Crippen LogP contribution in [-0.4, -0.2) is 51.5 Å². The maximum Gasteiger partial charge on any atom is 0.418 e. The summed E-state index contributed by atoms with van der Waals surface area (Å²) in [5.74, 6) is 0.519. The van der Waals surface area contributed by atoms with Gasteiger partial charge in [0.25, 0.3) is 5.91 Å². The van der Waals surface area contributed by atoms with Crippen LogP contribution in [0.4, 0.5) is 13.2 Å². The number of carbonyl (C=O) groups excluding carboxylic acids is 1. The number of carbonyl (C=O) groups is 1. The van der Waals surface area contributed by atoms with Crippen molar-refractivity contribution in [1.29, 1.82) is 0 Å². The lowest BCUT2D eigenvalue weighted by Crippen LogP contribution is -2.45. The van der Waals surface area contributed by atoms with Gasteiger partial charge in [-0.3, -0.25) is 4.79 Å². The third-order valence-electron chi connectivity index (χ3n) is 5.34. The van der Waals surface area contributed by atoms with Crippen molar-refractivity contribution in [2.45, 2.75) is 37.9 Å². The van der Waals surface area contributed by atoms with Crippen LogP contribution in [0.15, 0.2) is 30.5 Å². The van der Waals surface area contributed by atoms with Gasteiger partial charge in [0.15, 0.2) is 5.69 Å². The highest BCUT2D eigenvalue weighted by Gasteiger charge is 2.34. The van der Waals surface area contributed by atoms with E-state index < -0.39 is 11.7 Å². The number of likely N-dealkylation sites (tertiary alicyclic amines) is 1. The van der Waals surface area contributed by atoms with Crippen molar-refractivity contribution in [3.63, 3.8) is 0 Å². The molecule has 0 spiro atoms. The second-order valence-electron chi connectivity index (χ2n) is 7.48. The van der Waals surface area contributed by atoms with Gasteiger partial charge in [-0.05, 0) is 50.3 Å². The maximum absolute atomic E-state index is 13.2. The van der Waals surface area contributed by atoms with Crippen LogP contribution in [-0.2, 0) is 6.18 Å². The van der Waals surface area contributed by atoms with Gasteiger partial charge in [0, 0.05) is 19.1 Å². The zero-order valence-corrected chi connectivity index (χ0v) is 16.5. The van der Waals surface area contributed by atoms with E-state index >= 15 is 0 Å². The number of piperidine rings is 1. The van der Waals surface area contributed by atoms with Gasteiger partial charge in [0.1, 0.15) is 0 Å². The minimum Gasteiger partial charge on any atom is -0.337 e. The molecule has 2 aromatic rings. The first-order valence-corrected chi connectivity index (χ1v) is 9.53. The van der Waals surface area contributed by atoms with Gasteiger partial charge in [-0.15, -0.1) is 17.5 Å². The van der Waals surface area contributed by atoms with Gasteiger partial charge in [-0.25, -0.2) is 4.68 Å². The molecule has 4 rings (SSSR count). The third-order valence-corrected chi connectivity index (χ3v) is 5.34. The summed E-state index contributed by atoms with van der Waals surface area (Å²) in [6.07, 6.45) is 1.09. The van der Waals surface area contributed by atoms with Crippen LogP contribution < -0.4 is 5.32 Å². The van der Waals surface area contributed by atoms with Gasteiger partial charge in [-0.1, -0.05) is 17.3 Å². The molecule has 10 heteroatoms. The lowest BCUT2D eigenvalue weighted by Gasteiger charge is -2.32. The lowest BCUT2D eigenvalue weighted by molar-refractivity contribution is -0.137. The van der Waals surface area contributed by atoms with Crippen molar-refractivity contribution in [3.05, 3.63) is 41.7 Å². The standard InChI is InChI=1S/C19H22F3N5O.ClH/c20-19(21,22)15-3-1-2-4-17(15)27-12-16(24-25-27)18(28)26-9-7-14(8-10-26)23-11-13-5-6-13;/h1-4,12-14,23H,5-11H2;1H. The quantitative estimate of drug-likeness (QED) is 0.792. The SMILES string of the molecule is Cl.O=C(c1cn(-c2ccccc2C(F)(F)F)nn1)N1CCC(NCC2CC2)CC1. The number of alkyl halides is 3. The first-order chi connectivity index (χ1) is 13.4. The second-order valence-corrected chi connectivity index (χ2v) is 7.48. The van der Waals surface area contributed by atoms with Crippen molar-refractivity contribution in [2.24, 2.45) is 5.92 Å². The number of para-hydroxylation sites is 1. The summed E-state index contributed by atoms with van der Waals surface area (Å²) >= 11 is 0. The summed E-state index contributed by atoms with van der Waals surface area (Å²) in [4.78, 5) is 14.4. The Labute approximate surface area is 172 Å². The lowest BCUT2D eigenvalue weighted by atomic mass is 10.0. The molecule has 158 valence electrons. The summed E-state index contributed by atoms with van der Waals surface area (Å²) in [7, 11) is 0. The Morgan fingerprint density at radius 2 is 1.83 bits per heavy atom. The number of benzene rings is 1. The molecule has 2 fully saturated rings. The van der Waals surface area contributed by atoms with Crippen molar-refractivity contribution in [3.8, 4) is 5.69 Å². The molecular weight excluding hydrogens is 407 g/mol. The summed E-state index contributed by atoms with van der Waals surface area (Å²) < 4.78 is 40.6. The zero-order valence-electron chi connectivity index (χ0n) is 15.7. The smallest absolute Gasteiger partial charge is 0.337 e. The number of hydrogen-bond donors (Lipinski definition) is 1. The number of aromatic nitrogens is 3. The van der Waals surface area contributed by atoms with E-state index in [1.165, 1.54) is 37.2 Å². The Hall–Kier alpha value is -2.13. The monoisotopic (exact) mass is 429 g/mol. The molecule has 1 saturated carbocycles. The minimum absolute atomic E-state index is 0. The Morgan fingerprint density at radius 3 is 2.48 bits per heavy atom. The second kappa shape index (κ2) is 8.71. The van der Waals surface area contributed by atoms with Gasteiger partial charge in [0.2, 0.25) is 0 Å². The number of nitrogens with one attached hydrogen (secondary N) is 1. The largest absolute Gasteiger partial charge is 0.418 e. The van der Waals surface area contributed by atoms with Crippen LogP contribution in [0.5, 0.6) is 0 Å². The molecule has 2 aliphatic rings. The van der Waals surface area contributed by atoms with Crippen LogP contribution in [0.1, 0.15) is 41.7 Å². The molecule has 1 aromatic heterocycles. The summed E-state index contributed by atoms with van der Waals surface area (Å²) in [6, 6.07) is 5.52. The number of amides is 1. The van der Waals surface area contributed by atoms with E-state index in [2.05, 4.69) is 15.6 Å². The van der Waals surface area contributed by atoms with Gasteiger partial charge < -0.3 is 10.2 Å². The van der Waals surface area contributed by atoms with Gasteiger partial charge in [0.05, 0.1) is 17.4 Å². The van der Waals surface area contributed by atoms with E-state index in [-0.39, 0.29) is 29.7 Å². The Balaban J connectivity index is 0.00000240. The first-order valence-electron chi connectivity index (χ1n) is 9.53. The van der Waals surface area contributed by atoms with E-state index in [0.29, 0.717) is 19.1 Å². The molecule has 2 heterocycles. The number of nitrogens with zero attached hydrogens (tertiary/aromatic N) is 4. The van der Waals surface area contributed by atoms with Crippen molar-refractivity contribution >= 4 is 18.3 Å². The fourth-order valence-corrected chi connectivity index (χ4v) is 3.50. The fourth-order valence-electron chi connectivity index (χ4n) is 3.50. The molecule has 1 aliphatic heterocycles. The summed E-state index contributed by atoms with van der Waals surface area (Å²) in [6.45, 7) is 2.26. The van der Waals surface area contributed by atoms with Crippen LogP contribution in [0, 0.1) is 5.92 Å². The fraction of sp³-hybridized carbons (Fsp3) is 0.526. The summed E-state index contributed by atoms with van der Waals surface area (Å²) in [5.41, 5.74) is -0.910. The number of hydrogen-bond acceptors (Lipinski definition) is 4. The van der Waals surface area contributed by atoms with E-state index in [1.54, 1.807) is 4.90 Å². The third kappa shape index (κ3) is 5.08. The number of halogens is 4. The normalized spacial score (nSPS) is 17.8. The molecular formula is C19H23ClF3N5O.